The van der Waals surface area contributed by atoms with E-state index in [1.165, 1.54) is 24.5 Å². The lowest BCUT2D eigenvalue weighted by atomic mass is 10.1. The van der Waals surface area contributed by atoms with Crippen molar-refractivity contribution in [2.45, 2.75) is 0 Å². The van der Waals surface area contributed by atoms with Gasteiger partial charge >= 0.3 is 11.5 Å². The number of fused-ring (bicyclic) bond motifs is 2. The van der Waals surface area contributed by atoms with Crippen LogP contribution in [-0.4, -0.2) is 64.0 Å². The maximum absolute atomic E-state index is 13.1. The van der Waals surface area contributed by atoms with Crippen LogP contribution in [0, 0.1) is 0 Å². The van der Waals surface area contributed by atoms with Gasteiger partial charge in [0.1, 0.15) is 16.5 Å². The van der Waals surface area contributed by atoms with Crippen molar-refractivity contribution in [3.63, 3.8) is 0 Å². The minimum atomic E-state index is -0.711. The summed E-state index contributed by atoms with van der Waals surface area (Å²) >= 11 is 12.5. The molecule has 0 aliphatic rings. The third-order valence-corrected chi connectivity index (χ3v) is 11.0. The minimum Gasteiger partial charge on any atom is -0.351 e. The fraction of sp³-hybridized carbons (Fsp3) is 0. The Hall–Kier alpha value is -8.67. The van der Waals surface area contributed by atoms with Gasteiger partial charge in [0.2, 0.25) is 5.76 Å². The van der Waals surface area contributed by atoms with Crippen molar-refractivity contribution in [3.8, 4) is 22.8 Å². The second-order valence-corrected chi connectivity index (χ2v) is 16.5. The molecule has 0 radical (unpaired) electrons. The molecule has 21 nitrogen and oxygen atoms in total. The zero-order chi connectivity index (χ0) is 47.5. The number of amides is 4. The Morgan fingerprint density at radius 2 is 1.06 bits per heavy atom. The first-order chi connectivity index (χ1) is 32.8. The fourth-order valence-corrected chi connectivity index (χ4v) is 7.53. The van der Waals surface area contributed by atoms with Gasteiger partial charge in [-0.15, -0.1) is 0 Å². The Morgan fingerprint density at radius 1 is 0.544 bits per heavy atom. The summed E-state index contributed by atoms with van der Waals surface area (Å²) in [6.45, 7) is 0. The summed E-state index contributed by atoms with van der Waals surface area (Å²) in [4.78, 5) is 88.7. The van der Waals surface area contributed by atoms with E-state index in [-0.39, 0.29) is 39.9 Å². The van der Waals surface area contributed by atoms with Crippen LogP contribution in [0.2, 0.25) is 5.15 Å². The summed E-state index contributed by atoms with van der Waals surface area (Å²) in [5.74, 6) is -2.73. The summed E-state index contributed by atoms with van der Waals surface area (Å²) in [6, 6.07) is 28.6. The van der Waals surface area contributed by atoms with E-state index in [9.17, 15) is 28.8 Å². The molecule has 8 N–H and O–H groups in total. The second-order valence-electron chi connectivity index (χ2n) is 14.2. The molecular formula is C44H27Br2ClN12O9. The first kappa shape index (κ1) is 44.5. The molecule has 0 unspecified atom stereocenters. The number of anilines is 4. The van der Waals surface area contributed by atoms with Gasteiger partial charge in [-0.25, -0.2) is 14.6 Å². The molecule has 4 aromatic carbocycles. The van der Waals surface area contributed by atoms with Crippen LogP contribution in [0.1, 0.15) is 41.9 Å². The van der Waals surface area contributed by atoms with Crippen molar-refractivity contribution in [1.29, 1.82) is 0 Å². The van der Waals surface area contributed by atoms with Gasteiger partial charge in [-0.05, 0) is 72.8 Å². The van der Waals surface area contributed by atoms with E-state index in [2.05, 4.69) is 103 Å². The smallest absolute Gasteiger partial charge is 0.351 e. The number of carbonyl (C=O) groups is 4. The van der Waals surface area contributed by atoms with Crippen molar-refractivity contribution in [1.82, 2.24) is 40.4 Å². The number of aromatic nitrogens is 8. The molecule has 0 aliphatic carbocycles. The zero-order valence-corrected chi connectivity index (χ0v) is 38.0. The summed E-state index contributed by atoms with van der Waals surface area (Å²) in [7, 11) is 0. The number of carbonyl (C=O) groups excluding carboxylic acids is 4. The van der Waals surface area contributed by atoms with Crippen LogP contribution in [0.4, 0.5) is 22.7 Å². The highest BCUT2D eigenvalue weighted by atomic mass is 79.9. The van der Waals surface area contributed by atoms with Crippen LogP contribution in [-0.2, 0) is 0 Å². The molecule has 68 heavy (non-hydrogen) atoms. The quantitative estimate of drug-likeness (QED) is 0.0596. The number of aromatic amines is 4. The van der Waals surface area contributed by atoms with Crippen molar-refractivity contribution in [2.75, 3.05) is 21.3 Å². The summed E-state index contributed by atoms with van der Waals surface area (Å²) in [6.07, 6.45) is 2.75. The minimum absolute atomic E-state index is 0.0604. The monoisotopic (exact) mass is 1060 g/mol. The van der Waals surface area contributed by atoms with Crippen molar-refractivity contribution >= 4 is 112 Å². The van der Waals surface area contributed by atoms with Crippen LogP contribution in [0.25, 0.3) is 44.6 Å². The molecule has 4 amide bonds. The van der Waals surface area contributed by atoms with Crippen LogP contribution >= 0.6 is 43.5 Å². The molecule has 0 aliphatic heterocycles. The highest BCUT2D eigenvalue weighted by Crippen LogP contribution is 2.32. The number of rotatable bonds is 10. The van der Waals surface area contributed by atoms with E-state index in [1.54, 1.807) is 84.9 Å². The lowest BCUT2D eigenvalue weighted by molar-refractivity contribution is 0.0985. The average molecular weight is 1060 g/mol. The molecule has 338 valence electrons. The van der Waals surface area contributed by atoms with Gasteiger partial charge in [-0.1, -0.05) is 83.2 Å². The first-order valence-corrected chi connectivity index (χ1v) is 21.5. The Morgan fingerprint density at radius 3 is 1.51 bits per heavy atom. The largest absolute Gasteiger partial charge is 0.439 e. The van der Waals surface area contributed by atoms with E-state index >= 15 is 0 Å². The van der Waals surface area contributed by atoms with Crippen LogP contribution < -0.4 is 32.8 Å². The highest BCUT2D eigenvalue weighted by molar-refractivity contribution is 9.10. The van der Waals surface area contributed by atoms with Gasteiger partial charge in [-0.2, -0.15) is 0 Å². The lowest BCUT2D eigenvalue weighted by Crippen LogP contribution is -2.14. The summed E-state index contributed by atoms with van der Waals surface area (Å²) in [5.41, 5.74) is 4.69. The SMILES string of the molecule is O=C(Nc1ccc(Br)cc1-c1noc(=O)[nH]1)c1cc2cccc(NC(=O)c3ccno3)c2[nH]1.O=C(Nc1cccc2cc(C(=O)Nc3ccc(Br)cc3-c3noc(=O)[nH]3)[nH]c12)c1ccc(Cl)nc1. The summed E-state index contributed by atoms with van der Waals surface area (Å²) in [5, 5.41) is 23.8. The molecule has 0 atom stereocenters. The van der Waals surface area contributed by atoms with Crippen molar-refractivity contribution in [3.05, 3.63) is 173 Å². The standard InChI is InChI=1S/C23H14BrClN6O4.C21H13BrN6O5/c24-13-5-6-15(14(9-13)20-30-23(34)35-31-20)28-22(33)17-8-11-2-1-3-16(19(11)27-17)29-21(32)12-4-7-18(25)26-10-12;22-11-4-5-13(12(9-11)18-27-21(31)33-28-18)25-19(29)15-8-10-2-1-3-14(17(10)24-15)26-20(30)16-6-7-23-32-16/h1-10,27H,(H,28,33)(H,29,32)(H,30,31,34);1-9,24H,(H,25,29)(H,26,30)(H,27,28,31). The predicted molar refractivity (Wildman–Crippen MR) is 255 cm³/mol. The number of hydrogen-bond acceptors (Lipinski definition) is 13. The maximum Gasteiger partial charge on any atom is 0.439 e. The number of H-pyrrole nitrogens is 4. The predicted octanol–water partition coefficient (Wildman–Crippen LogP) is 8.59. The normalized spacial score (nSPS) is 10.9. The van der Waals surface area contributed by atoms with Gasteiger partial charge in [0, 0.05) is 43.1 Å². The van der Waals surface area contributed by atoms with E-state index < -0.39 is 29.2 Å². The molecule has 0 saturated carbocycles. The van der Waals surface area contributed by atoms with E-state index in [4.69, 9.17) is 16.1 Å². The summed E-state index contributed by atoms with van der Waals surface area (Å²) < 4.78 is 15.5. The van der Waals surface area contributed by atoms with E-state index in [0.717, 1.165) is 14.3 Å². The zero-order valence-electron chi connectivity index (χ0n) is 34.1. The third kappa shape index (κ3) is 9.79. The number of pyridine rings is 1. The lowest BCUT2D eigenvalue weighted by Gasteiger charge is -2.09. The molecule has 6 heterocycles. The van der Waals surface area contributed by atoms with E-state index in [1.807, 2.05) is 6.07 Å². The Bertz CT molecular complexity index is 3670. The number of nitrogens with one attached hydrogen (secondary N) is 8. The number of hydrogen-bond donors (Lipinski definition) is 8. The van der Waals surface area contributed by atoms with Crippen molar-refractivity contribution in [2.24, 2.45) is 0 Å². The number of nitrogens with zero attached hydrogens (tertiary/aromatic N) is 4. The van der Waals surface area contributed by atoms with Gasteiger partial charge in [-0.3, -0.25) is 38.2 Å². The van der Waals surface area contributed by atoms with Crippen LogP contribution in [0.15, 0.2) is 148 Å². The number of benzene rings is 4. The topological polar surface area (TPSA) is 305 Å². The third-order valence-electron chi connectivity index (χ3n) is 9.80. The maximum atomic E-state index is 13.1. The van der Waals surface area contributed by atoms with Crippen molar-refractivity contribution < 1.29 is 32.7 Å². The second kappa shape index (κ2) is 19.0. The fourth-order valence-electron chi connectivity index (χ4n) is 6.70. The van der Waals surface area contributed by atoms with Crippen LogP contribution in [0.5, 0.6) is 0 Å². The molecule has 10 aromatic rings. The first-order valence-electron chi connectivity index (χ1n) is 19.6. The molecule has 0 fully saturated rings. The Balaban J connectivity index is 0.000000170. The van der Waals surface area contributed by atoms with Gasteiger partial charge in [0.15, 0.2) is 11.6 Å². The van der Waals surface area contributed by atoms with Crippen LogP contribution in [0.3, 0.4) is 0 Å². The Kier molecular flexibility index (Phi) is 12.5. The molecule has 24 heteroatoms. The van der Waals surface area contributed by atoms with E-state index in [0.29, 0.717) is 55.9 Å². The molecule has 0 spiro atoms. The van der Waals surface area contributed by atoms with Gasteiger partial charge in [0.05, 0.1) is 45.5 Å². The highest BCUT2D eigenvalue weighted by Gasteiger charge is 2.20. The molecule has 10 rings (SSSR count). The molecule has 6 aromatic heterocycles. The molecule has 0 bridgehead atoms. The van der Waals surface area contributed by atoms with Gasteiger partial charge < -0.3 is 35.8 Å². The molecule has 0 saturated heterocycles. The number of para-hydroxylation sites is 2. The average Bonchev–Trinajstić information content (AvgIpc) is 4.19. The molecular weight excluding hydrogens is 1040 g/mol. The number of halogens is 3. The van der Waals surface area contributed by atoms with Gasteiger partial charge in [0.25, 0.3) is 23.6 Å². The Labute approximate surface area is 400 Å².